The molecule has 5 rings (SSSR count). The first-order valence-electron chi connectivity index (χ1n) is 14.6. The van der Waals surface area contributed by atoms with Crippen molar-refractivity contribution in [3.63, 3.8) is 0 Å². The molecule has 3 unspecified atom stereocenters. The Morgan fingerprint density at radius 2 is 1.61 bits per heavy atom. The Morgan fingerprint density at radius 3 is 2.21 bits per heavy atom. The van der Waals surface area contributed by atoms with E-state index in [-0.39, 0.29) is 28.1 Å². The SMILES string of the molecule is C[C@@H]1CC[C@]2(C(=O)O)CC[C@]3(C)C(=CCC4[C@@]5(C)CC[C@H](OS(=O)(=O)O)C(C)(C)C5CC[C@]43C)C2[C@]1(C)O. The van der Waals surface area contributed by atoms with Crippen LogP contribution in [0, 0.1) is 50.7 Å². The summed E-state index contributed by atoms with van der Waals surface area (Å²) in [6.45, 7) is 15.2. The molecule has 3 N–H and O–H groups in total. The zero-order chi connectivity index (χ0) is 28.3. The molecule has 0 spiro atoms. The van der Waals surface area contributed by atoms with E-state index in [2.05, 4.69) is 47.6 Å². The van der Waals surface area contributed by atoms with Crippen LogP contribution >= 0.6 is 0 Å². The van der Waals surface area contributed by atoms with Gasteiger partial charge in [0.2, 0.25) is 0 Å². The predicted octanol–water partition coefficient (Wildman–Crippen LogP) is 6.03. The van der Waals surface area contributed by atoms with E-state index < -0.39 is 44.8 Å². The maximum atomic E-state index is 12.9. The minimum Gasteiger partial charge on any atom is -0.481 e. The quantitative estimate of drug-likeness (QED) is 0.289. The van der Waals surface area contributed by atoms with Gasteiger partial charge in [-0.3, -0.25) is 9.35 Å². The number of aliphatic carboxylic acids is 1. The van der Waals surface area contributed by atoms with Gasteiger partial charge in [-0.1, -0.05) is 53.2 Å². The van der Waals surface area contributed by atoms with Gasteiger partial charge in [0.05, 0.1) is 17.1 Å². The lowest BCUT2D eigenvalue weighted by Gasteiger charge is -2.71. The third-order valence-electron chi connectivity index (χ3n) is 13.7. The van der Waals surface area contributed by atoms with Crippen LogP contribution in [0.15, 0.2) is 11.6 Å². The van der Waals surface area contributed by atoms with Crippen molar-refractivity contribution in [1.29, 1.82) is 0 Å². The number of hydrogen-bond acceptors (Lipinski definition) is 5. The van der Waals surface area contributed by atoms with E-state index in [1.54, 1.807) is 0 Å². The van der Waals surface area contributed by atoms with Gasteiger partial charge in [0.15, 0.2) is 0 Å². The standard InChI is InChI=1S/C30H48O7S/c1-18-10-15-30(24(31)32)17-16-27(5)19(23(30)29(18,7)33)8-9-21-26(4)13-12-22(37-38(34,35)36)25(2,3)20(26)11-14-28(21,27)6/h8,18,20-23,33H,9-17H2,1-7H3,(H,31,32)(H,34,35,36)/t18-,20?,21?,22+,23?,26+,27-,28-,29-,30+/m1/s1. The summed E-state index contributed by atoms with van der Waals surface area (Å²) in [4.78, 5) is 12.9. The lowest BCUT2D eigenvalue weighted by Crippen LogP contribution is -2.67. The maximum absolute atomic E-state index is 12.9. The third-order valence-corrected chi connectivity index (χ3v) is 14.1. The van der Waals surface area contributed by atoms with Gasteiger partial charge in [0.1, 0.15) is 0 Å². The van der Waals surface area contributed by atoms with Crippen molar-refractivity contribution in [1.82, 2.24) is 0 Å². The molecule has 4 saturated carbocycles. The van der Waals surface area contributed by atoms with Gasteiger partial charge in [0, 0.05) is 5.92 Å². The van der Waals surface area contributed by atoms with Gasteiger partial charge >= 0.3 is 16.4 Å². The number of aliphatic hydroxyl groups is 1. The summed E-state index contributed by atoms with van der Waals surface area (Å²) < 4.78 is 37.9. The molecule has 0 amide bonds. The van der Waals surface area contributed by atoms with Crippen LogP contribution in [0.5, 0.6) is 0 Å². The van der Waals surface area contributed by atoms with Gasteiger partial charge in [0.25, 0.3) is 0 Å². The summed E-state index contributed by atoms with van der Waals surface area (Å²) in [5.41, 5.74) is -1.60. The van der Waals surface area contributed by atoms with E-state index >= 15 is 0 Å². The van der Waals surface area contributed by atoms with Crippen LogP contribution in [0.4, 0.5) is 0 Å². The van der Waals surface area contributed by atoms with Gasteiger partial charge in [-0.15, -0.1) is 0 Å². The van der Waals surface area contributed by atoms with Crippen LogP contribution in [0.1, 0.15) is 106 Å². The van der Waals surface area contributed by atoms with E-state index in [1.807, 2.05) is 6.92 Å². The van der Waals surface area contributed by atoms with E-state index in [4.69, 9.17) is 4.18 Å². The number of carboxylic acids is 1. The highest BCUT2D eigenvalue weighted by atomic mass is 32.3. The van der Waals surface area contributed by atoms with E-state index in [0.717, 1.165) is 38.5 Å². The fraction of sp³-hybridized carbons (Fsp3) is 0.900. The van der Waals surface area contributed by atoms with Gasteiger partial charge in [-0.05, 0) is 104 Å². The Bertz CT molecular complexity index is 1160. The molecule has 38 heavy (non-hydrogen) atoms. The van der Waals surface area contributed by atoms with Crippen molar-refractivity contribution >= 4 is 16.4 Å². The van der Waals surface area contributed by atoms with Crippen molar-refractivity contribution in [2.45, 2.75) is 118 Å². The fourth-order valence-corrected chi connectivity index (χ4v) is 11.8. The summed E-state index contributed by atoms with van der Waals surface area (Å²) in [6, 6.07) is 0. The van der Waals surface area contributed by atoms with Gasteiger partial charge in [-0.25, -0.2) is 4.18 Å². The topological polar surface area (TPSA) is 121 Å². The molecule has 0 heterocycles. The predicted molar refractivity (Wildman–Crippen MR) is 144 cm³/mol. The van der Waals surface area contributed by atoms with E-state index in [0.29, 0.717) is 25.2 Å². The molecule has 8 heteroatoms. The Hall–Kier alpha value is -0.960. The van der Waals surface area contributed by atoms with Crippen LogP contribution in [0.2, 0.25) is 0 Å². The molecule has 10 atom stereocenters. The first-order chi connectivity index (χ1) is 17.3. The summed E-state index contributed by atoms with van der Waals surface area (Å²) >= 11 is 0. The second-order valence-corrected chi connectivity index (χ2v) is 16.3. The molecule has 0 aliphatic heterocycles. The lowest BCUT2D eigenvalue weighted by atomic mass is 9.33. The highest BCUT2D eigenvalue weighted by Gasteiger charge is 2.71. The summed E-state index contributed by atoms with van der Waals surface area (Å²) in [5.74, 6) is -0.558. The first kappa shape index (κ1) is 28.6. The normalized spacial score (nSPS) is 52.0. The van der Waals surface area contributed by atoms with Crippen LogP contribution in [0.25, 0.3) is 0 Å². The molecule has 7 nitrogen and oxygen atoms in total. The molecule has 0 aromatic heterocycles. The molecule has 5 aliphatic carbocycles. The third kappa shape index (κ3) is 3.54. The smallest absolute Gasteiger partial charge is 0.397 e. The molecule has 5 aliphatic rings. The zero-order valence-electron chi connectivity index (χ0n) is 24.2. The van der Waals surface area contributed by atoms with Gasteiger partial charge in [-0.2, -0.15) is 8.42 Å². The summed E-state index contributed by atoms with van der Waals surface area (Å²) in [7, 11) is -4.53. The van der Waals surface area contributed by atoms with Crippen molar-refractivity contribution < 1.29 is 32.2 Å². The van der Waals surface area contributed by atoms with E-state index in [1.165, 1.54) is 5.57 Å². The number of carbonyl (C=O) groups is 1. The largest absolute Gasteiger partial charge is 0.481 e. The van der Waals surface area contributed by atoms with Crippen LogP contribution < -0.4 is 0 Å². The van der Waals surface area contributed by atoms with Crippen LogP contribution in [-0.4, -0.2) is 40.9 Å². The number of carboxylic acid groups (broad SMARTS) is 1. The lowest BCUT2D eigenvalue weighted by molar-refractivity contribution is -0.215. The van der Waals surface area contributed by atoms with Gasteiger partial charge < -0.3 is 10.2 Å². The summed E-state index contributed by atoms with van der Waals surface area (Å²) in [6.07, 6.45) is 8.59. The Balaban J connectivity index is 1.58. The average molecular weight is 553 g/mol. The monoisotopic (exact) mass is 552 g/mol. The second kappa shape index (κ2) is 8.29. The summed E-state index contributed by atoms with van der Waals surface area (Å²) in [5, 5.41) is 22.5. The second-order valence-electron chi connectivity index (χ2n) is 15.2. The molecule has 0 aromatic carbocycles. The molecular weight excluding hydrogens is 504 g/mol. The number of rotatable bonds is 3. The van der Waals surface area contributed by atoms with Crippen molar-refractivity contribution in [3.8, 4) is 0 Å². The van der Waals surface area contributed by atoms with Crippen molar-refractivity contribution in [2.75, 3.05) is 0 Å². The molecule has 4 fully saturated rings. The Labute approximate surface area is 228 Å². The maximum Gasteiger partial charge on any atom is 0.397 e. The Kier molecular flexibility index (Phi) is 6.23. The molecule has 0 saturated heterocycles. The first-order valence-corrected chi connectivity index (χ1v) is 16.0. The van der Waals surface area contributed by atoms with Crippen molar-refractivity contribution in [2.24, 2.45) is 50.7 Å². The molecule has 0 aromatic rings. The number of allylic oxidation sites excluding steroid dienone is 1. The number of fused-ring (bicyclic) bond motifs is 7. The minimum atomic E-state index is -4.53. The highest BCUT2D eigenvalue weighted by molar-refractivity contribution is 7.80. The zero-order valence-corrected chi connectivity index (χ0v) is 25.0. The van der Waals surface area contributed by atoms with Crippen LogP contribution in [0.3, 0.4) is 0 Å². The molecule has 0 radical (unpaired) electrons. The molecular formula is C30H48O7S. The molecule has 0 bridgehead atoms. The Morgan fingerprint density at radius 1 is 0.947 bits per heavy atom. The van der Waals surface area contributed by atoms with Crippen LogP contribution in [-0.2, 0) is 19.4 Å². The fourth-order valence-electron chi connectivity index (χ4n) is 11.1. The van der Waals surface area contributed by atoms with Crippen molar-refractivity contribution in [3.05, 3.63) is 11.6 Å². The minimum absolute atomic E-state index is 0.0286. The molecule has 216 valence electrons. The average Bonchev–Trinajstić information content (AvgIpc) is 2.78. The highest BCUT2D eigenvalue weighted by Crippen LogP contribution is 2.76. The van der Waals surface area contributed by atoms with E-state index in [9.17, 15) is 28.0 Å². The number of hydrogen-bond donors (Lipinski definition) is 3.